The van der Waals surface area contributed by atoms with E-state index < -0.39 is 5.91 Å². The minimum Gasteiger partial charge on any atom is -0.461 e. The molecule has 1 atom stereocenters. The Bertz CT molecular complexity index is 1060. The number of aromatic nitrogens is 1. The SMILES string of the molecule is CC(C)(C)C1=CC(=O)NC2=CC(=NC(=O)c3cc(-c4ccco4)on3)C=CC21. The molecule has 7 heteroatoms. The largest absolute Gasteiger partial charge is 0.461 e. The number of rotatable bonds is 2. The van der Waals surface area contributed by atoms with Gasteiger partial charge in [-0.15, -0.1) is 0 Å². The molecule has 2 aromatic rings. The first-order chi connectivity index (χ1) is 13.3. The number of carbonyl (C=O) groups excluding carboxylic acids is 2. The summed E-state index contributed by atoms with van der Waals surface area (Å²) in [5.74, 6) is 0.0846. The molecule has 1 unspecified atom stereocenters. The van der Waals surface area contributed by atoms with Crippen molar-refractivity contribution in [1.29, 1.82) is 0 Å². The van der Waals surface area contributed by atoms with E-state index >= 15 is 0 Å². The highest BCUT2D eigenvalue weighted by Crippen LogP contribution is 2.38. The molecule has 2 amide bonds. The lowest BCUT2D eigenvalue weighted by atomic mass is 9.74. The Balaban J connectivity index is 1.58. The van der Waals surface area contributed by atoms with Gasteiger partial charge in [-0.05, 0) is 35.3 Å². The summed E-state index contributed by atoms with van der Waals surface area (Å²) in [7, 11) is 0. The van der Waals surface area contributed by atoms with Gasteiger partial charge >= 0.3 is 0 Å². The molecule has 1 aliphatic heterocycles. The Kier molecular flexibility index (Phi) is 4.22. The lowest BCUT2D eigenvalue weighted by Crippen LogP contribution is -2.36. The zero-order chi connectivity index (χ0) is 19.9. The van der Waals surface area contributed by atoms with Crippen molar-refractivity contribution in [1.82, 2.24) is 10.5 Å². The second-order valence-corrected chi connectivity index (χ2v) is 7.67. The second kappa shape index (κ2) is 6.60. The molecule has 0 aromatic carbocycles. The first-order valence-corrected chi connectivity index (χ1v) is 8.88. The van der Waals surface area contributed by atoms with Gasteiger partial charge in [-0.3, -0.25) is 9.59 Å². The summed E-state index contributed by atoms with van der Waals surface area (Å²) in [6.45, 7) is 6.20. The fraction of sp³-hybridized carbons (Fsp3) is 0.238. The van der Waals surface area contributed by atoms with E-state index in [1.807, 2.05) is 6.08 Å². The van der Waals surface area contributed by atoms with E-state index in [4.69, 9.17) is 8.94 Å². The van der Waals surface area contributed by atoms with Crippen LogP contribution in [0.3, 0.4) is 0 Å². The van der Waals surface area contributed by atoms with Gasteiger partial charge in [0.15, 0.2) is 11.5 Å². The molecule has 1 N–H and O–H groups in total. The van der Waals surface area contributed by atoms with Gasteiger partial charge in [0.2, 0.25) is 11.7 Å². The Morgan fingerprint density at radius 1 is 1.25 bits per heavy atom. The quantitative estimate of drug-likeness (QED) is 0.861. The molecule has 3 heterocycles. The third-order valence-electron chi connectivity index (χ3n) is 4.58. The Hall–Kier alpha value is -3.48. The number of furan rings is 1. The van der Waals surface area contributed by atoms with Gasteiger partial charge in [-0.2, -0.15) is 0 Å². The van der Waals surface area contributed by atoms with Crippen molar-refractivity contribution < 1.29 is 18.5 Å². The average Bonchev–Trinajstić information content (AvgIpc) is 3.31. The molecular weight excluding hydrogens is 358 g/mol. The van der Waals surface area contributed by atoms with Crippen LogP contribution in [0.2, 0.25) is 0 Å². The van der Waals surface area contributed by atoms with Gasteiger partial charge in [-0.25, -0.2) is 4.99 Å². The topological polar surface area (TPSA) is 97.7 Å². The van der Waals surface area contributed by atoms with Crippen LogP contribution in [-0.4, -0.2) is 22.7 Å². The fourth-order valence-electron chi connectivity index (χ4n) is 3.23. The van der Waals surface area contributed by atoms with Crippen LogP contribution in [0.25, 0.3) is 11.5 Å². The third-order valence-corrected chi connectivity index (χ3v) is 4.58. The maximum Gasteiger partial charge on any atom is 0.299 e. The van der Waals surface area contributed by atoms with E-state index in [-0.39, 0.29) is 22.9 Å². The summed E-state index contributed by atoms with van der Waals surface area (Å²) in [5.41, 5.74) is 2.09. The van der Waals surface area contributed by atoms with E-state index in [1.54, 1.807) is 30.4 Å². The van der Waals surface area contributed by atoms with Crippen molar-refractivity contribution in [3.05, 3.63) is 65.7 Å². The Morgan fingerprint density at radius 3 is 2.79 bits per heavy atom. The summed E-state index contributed by atoms with van der Waals surface area (Å²) >= 11 is 0. The lowest BCUT2D eigenvalue weighted by molar-refractivity contribution is -0.116. The van der Waals surface area contributed by atoms with Crippen LogP contribution in [-0.2, 0) is 4.79 Å². The van der Waals surface area contributed by atoms with Gasteiger partial charge in [0.1, 0.15) is 0 Å². The normalized spacial score (nSPS) is 20.5. The van der Waals surface area contributed by atoms with Crippen molar-refractivity contribution in [2.75, 3.05) is 0 Å². The Morgan fingerprint density at radius 2 is 2.07 bits per heavy atom. The molecule has 1 aliphatic carbocycles. The van der Waals surface area contributed by atoms with Crippen LogP contribution in [0, 0.1) is 11.3 Å². The second-order valence-electron chi connectivity index (χ2n) is 7.67. The fourth-order valence-corrected chi connectivity index (χ4v) is 3.23. The Labute approximate surface area is 161 Å². The van der Waals surface area contributed by atoms with Crippen LogP contribution >= 0.6 is 0 Å². The van der Waals surface area contributed by atoms with Crippen molar-refractivity contribution in [3.63, 3.8) is 0 Å². The van der Waals surface area contributed by atoms with Gasteiger partial charge < -0.3 is 14.3 Å². The lowest BCUT2D eigenvalue weighted by Gasteiger charge is -2.34. The number of nitrogens with one attached hydrogen (secondary N) is 1. The van der Waals surface area contributed by atoms with Crippen LogP contribution in [0.4, 0.5) is 0 Å². The standard InChI is InChI=1S/C21H19N3O4/c1-21(2,3)14-10-19(25)23-15-9-12(6-7-13(14)15)22-20(26)16-11-18(28-24-16)17-5-4-8-27-17/h4-11,13H,1-3H3,(H,23,25). The first kappa shape index (κ1) is 17.9. The molecule has 0 fully saturated rings. The molecule has 2 aromatic heterocycles. The molecule has 0 saturated carbocycles. The molecule has 0 saturated heterocycles. The van der Waals surface area contributed by atoms with Gasteiger partial charge in [0.05, 0.1) is 12.0 Å². The maximum absolute atomic E-state index is 12.4. The van der Waals surface area contributed by atoms with E-state index in [2.05, 4.69) is 36.2 Å². The van der Waals surface area contributed by atoms with Crippen LogP contribution in [0.15, 0.2) is 74.0 Å². The van der Waals surface area contributed by atoms with Crippen molar-refractivity contribution in [2.24, 2.45) is 16.3 Å². The minimum atomic E-state index is -0.537. The van der Waals surface area contributed by atoms with Crippen LogP contribution < -0.4 is 5.32 Å². The smallest absolute Gasteiger partial charge is 0.299 e. The van der Waals surface area contributed by atoms with Crippen molar-refractivity contribution in [2.45, 2.75) is 20.8 Å². The molecule has 28 heavy (non-hydrogen) atoms. The minimum absolute atomic E-state index is 0.0376. The summed E-state index contributed by atoms with van der Waals surface area (Å²) < 4.78 is 10.4. The molecule has 142 valence electrons. The number of amides is 2. The van der Waals surface area contributed by atoms with Gasteiger partial charge in [0, 0.05) is 23.8 Å². The summed E-state index contributed by atoms with van der Waals surface area (Å²) in [6.07, 6.45) is 8.58. The predicted molar refractivity (Wildman–Crippen MR) is 102 cm³/mol. The molecule has 7 nitrogen and oxygen atoms in total. The number of allylic oxidation sites excluding steroid dienone is 3. The predicted octanol–water partition coefficient (Wildman–Crippen LogP) is 3.69. The highest BCUT2D eigenvalue weighted by atomic mass is 16.5. The van der Waals surface area contributed by atoms with E-state index in [0.717, 1.165) is 5.57 Å². The molecular formula is C21H19N3O4. The number of hydrogen-bond acceptors (Lipinski definition) is 5. The number of hydrogen-bond donors (Lipinski definition) is 1. The van der Waals surface area contributed by atoms with Crippen molar-refractivity contribution in [3.8, 4) is 11.5 Å². The van der Waals surface area contributed by atoms with Crippen LogP contribution in [0.5, 0.6) is 0 Å². The maximum atomic E-state index is 12.4. The molecule has 4 rings (SSSR count). The molecule has 2 aliphatic rings. The number of aliphatic imine (C=N–C) groups is 1. The summed E-state index contributed by atoms with van der Waals surface area (Å²) in [4.78, 5) is 28.6. The first-order valence-electron chi connectivity index (χ1n) is 8.88. The highest BCUT2D eigenvalue weighted by Gasteiger charge is 2.32. The zero-order valence-corrected chi connectivity index (χ0v) is 15.7. The molecule has 0 bridgehead atoms. The molecule has 0 radical (unpaired) electrons. The van der Waals surface area contributed by atoms with E-state index in [9.17, 15) is 9.59 Å². The summed E-state index contributed by atoms with van der Waals surface area (Å²) in [6, 6.07) is 4.91. The van der Waals surface area contributed by atoms with E-state index in [1.165, 1.54) is 12.3 Å². The monoisotopic (exact) mass is 377 g/mol. The van der Waals surface area contributed by atoms with Gasteiger partial charge in [-0.1, -0.05) is 32.0 Å². The number of carbonyl (C=O) groups is 2. The van der Waals surface area contributed by atoms with E-state index in [0.29, 0.717) is 22.9 Å². The zero-order valence-electron chi connectivity index (χ0n) is 15.7. The third kappa shape index (κ3) is 3.38. The van der Waals surface area contributed by atoms with Crippen molar-refractivity contribution >= 4 is 17.5 Å². The number of nitrogens with zero attached hydrogens (tertiary/aromatic N) is 2. The molecule has 0 spiro atoms. The highest BCUT2D eigenvalue weighted by molar-refractivity contribution is 6.13. The average molecular weight is 377 g/mol. The summed E-state index contributed by atoms with van der Waals surface area (Å²) in [5, 5.41) is 6.60. The van der Waals surface area contributed by atoms with Crippen LogP contribution in [0.1, 0.15) is 31.3 Å². The number of fused-ring (bicyclic) bond motifs is 1. The van der Waals surface area contributed by atoms with Gasteiger partial charge in [0.25, 0.3) is 5.91 Å².